The molecule has 1 N–H and O–H groups in total. The second kappa shape index (κ2) is 8.73. The van der Waals surface area contributed by atoms with E-state index >= 15 is 0 Å². The van der Waals surface area contributed by atoms with E-state index in [0.717, 1.165) is 0 Å². The third-order valence-corrected chi connectivity index (χ3v) is 5.47. The molecule has 1 aromatic carbocycles. The lowest BCUT2D eigenvalue weighted by Gasteiger charge is -2.14. The summed E-state index contributed by atoms with van der Waals surface area (Å²) in [5, 5.41) is 16.8. The lowest BCUT2D eigenvalue weighted by Crippen LogP contribution is -2.28. The first-order chi connectivity index (χ1) is 14.2. The molecule has 30 heavy (non-hydrogen) atoms. The lowest BCUT2D eigenvalue weighted by molar-refractivity contribution is 0.0831. The number of nitrogens with zero attached hydrogens (tertiary/aromatic N) is 6. The van der Waals surface area contributed by atoms with Crippen LogP contribution in [0.3, 0.4) is 0 Å². The average Bonchev–Trinajstić information content (AvgIpc) is 3.33. The standard InChI is InChI=1S/C19H18BrN7O2S/c1-10(23-17(28)13-5-12(8-21)6-14(20)7-13)16-24-11(2)25-27(16)19-22-9-15(30-19)18(29)26(3)4/h5-7,9-10H,1-4H3,(H,23,28)/t10-/m0/s1. The molecule has 3 rings (SSSR count). The second-order valence-electron chi connectivity index (χ2n) is 6.67. The van der Waals surface area contributed by atoms with Gasteiger partial charge in [0.15, 0.2) is 5.82 Å². The molecule has 2 aromatic heterocycles. The summed E-state index contributed by atoms with van der Waals surface area (Å²) in [7, 11) is 3.34. The van der Waals surface area contributed by atoms with Gasteiger partial charge < -0.3 is 10.2 Å². The number of thiazole rings is 1. The molecule has 0 unspecified atom stereocenters. The first kappa shape index (κ1) is 21.6. The van der Waals surface area contributed by atoms with Crippen molar-refractivity contribution in [2.75, 3.05) is 14.1 Å². The Bertz CT molecular complexity index is 1160. The van der Waals surface area contributed by atoms with Crippen molar-refractivity contribution in [1.29, 1.82) is 5.26 Å². The Morgan fingerprint density at radius 2 is 2.07 bits per heavy atom. The molecule has 0 spiro atoms. The van der Waals surface area contributed by atoms with Gasteiger partial charge in [-0.2, -0.15) is 9.94 Å². The first-order valence-corrected chi connectivity index (χ1v) is 10.4. The summed E-state index contributed by atoms with van der Waals surface area (Å²) >= 11 is 4.50. The van der Waals surface area contributed by atoms with Gasteiger partial charge in [0.2, 0.25) is 5.13 Å². The van der Waals surface area contributed by atoms with Crippen molar-refractivity contribution >= 4 is 39.1 Å². The molecule has 2 heterocycles. The number of nitriles is 1. The van der Waals surface area contributed by atoms with E-state index in [-0.39, 0.29) is 11.8 Å². The molecular formula is C19H18BrN7O2S. The Morgan fingerprint density at radius 1 is 1.33 bits per heavy atom. The van der Waals surface area contributed by atoms with E-state index in [4.69, 9.17) is 5.26 Å². The number of amides is 2. The number of hydrogen-bond donors (Lipinski definition) is 1. The van der Waals surface area contributed by atoms with Crippen LogP contribution in [0.15, 0.2) is 28.9 Å². The van der Waals surface area contributed by atoms with Crippen LogP contribution in [-0.2, 0) is 0 Å². The van der Waals surface area contributed by atoms with Gasteiger partial charge in [0.1, 0.15) is 10.7 Å². The summed E-state index contributed by atoms with van der Waals surface area (Å²) in [6.45, 7) is 3.52. The van der Waals surface area contributed by atoms with Crippen LogP contribution in [0.5, 0.6) is 0 Å². The monoisotopic (exact) mass is 487 g/mol. The first-order valence-electron chi connectivity index (χ1n) is 8.82. The number of carbonyl (C=O) groups excluding carboxylic acids is 2. The Labute approximate surface area is 185 Å². The van der Waals surface area contributed by atoms with Crippen LogP contribution >= 0.6 is 27.3 Å². The zero-order chi connectivity index (χ0) is 22.0. The number of rotatable bonds is 5. The highest BCUT2D eigenvalue weighted by molar-refractivity contribution is 9.10. The molecule has 0 aliphatic heterocycles. The van der Waals surface area contributed by atoms with Crippen molar-refractivity contribution in [3.63, 3.8) is 0 Å². The molecule has 0 aliphatic carbocycles. The van der Waals surface area contributed by atoms with Crippen LogP contribution in [0, 0.1) is 18.3 Å². The maximum absolute atomic E-state index is 12.7. The van der Waals surface area contributed by atoms with Crippen LogP contribution in [0.25, 0.3) is 5.13 Å². The van der Waals surface area contributed by atoms with E-state index in [0.29, 0.717) is 37.3 Å². The smallest absolute Gasteiger partial charge is 0.265 e. The fourth-order valence-corrected chi connectivity index (χ4v) is 4.06. The quantitative estimate of drug-likeness (QED) is 0.591. The molecule has 0 bridgehead atoms. The van der Waals surface area contributed by atoms with Crippen LogP contribution < -0.4 is 5.32 Å². The van der Waals surface area contributed by atoms with E-state index in [1.165, 1.54) is 33.2 Å². The van der Waals surface area contributed by atoms with Crippen LogP contribution in [0.1, 0.15) is 50.2 Å². The number of benzene rings is 1. The molecule has 0 radical (unpaired) electrons. The summed E-state index contributed by atoms with van der Waals surface area (Å²) in [4.78, 5) is 35.5. The van der Waals surface area contributed by atoms with Gasteiger partial charge in [-0.3, -0.25) is 9.59 Å². The highest BCUT2D eigenvalue weighted by atomic mass is 79.9. The molecule has 11 heteroatoms. The van der Waals surface area contributed by atoms with Crippen molar-refractivity contribution in [1.82, 2.24) is 30.0 Å². The molecule has 0 saturated carbocycles. The van der Waals surface area contributed by atoms with Gasteiger partial charge in [-0.1, -0.05) is 27.3 Å². The Balaban J connectivity index is 1.87. The van der Waals surface area contributed by atoms with Crippen molar-refractivity contribution < 1.29 is 9.59 Å². The van der Waals surface area contributed by atoms with Gasteiger partial charge in [-0.15, -0.1) is 5.10 Å². The minimum absolute atomic E-state index is 0.151. The number of hydrogen-bond acceptors (Lipinski definition) is 7. The maximum atomic E-state index is 12.7. The lowest BCUT2D eigenvalue weighted by atomic mass is 10.1. The zero-order valence-corrected chi connectivity index (χ0v) is 19.1. The molecule has 154 valence electrons. The number of carbonyl (C=O) groups is 2. The highest BCUT2D eigenvalue weighted by Crippen LogP contribution is 2.22. The van der Waals surface area contributed by atoms with E-state index in [2.05, 4.69) is 36.3 Å². The molecular weight excluding hydrogens is 470 g/mol. The van der Waals surface area contributed by atoms with Crippen LogP contribution in [0.4, 0.5) is 0 Å². The van der Waals surface area contributed by atoms with Gasteiger partial charge >= 0.3 is 0 Å². The Morgan fingerprint density at radius 3 is 2.73 bits per heavy atom. The van der Waals surface area contributed by atoms with Gasteiger partial charge in [0.05, 0.1) is 23.9 Å². The van der Waals surface area contributed by atoms with Crippen molar-refractivity contribution in [3.05, 3.63) is 56.5 Å². The number of halogens is 1. The van der Waals surface area contributed by atoms with Gasteiger partial charge in [-0.25, -0.2) is 9.97 Å². The maximum Gasteiger partial charge on any atom is 0.265 e. The topological polar surface area (TPSA) is 117 Å². The molecule has 0 fully saturated rings. The number of aromatic nitrogens is 4. The Hall–Kier alpha value is -3.10. The van der Waals surface area contributed by atoms with Gasteiger partial charge in [0.25, 0.3) is 11.8 Å². The number of nitrogens with one attached hydrogen (secondary N) is 1. The summed E-state index contributed by atoms with van der Waals surface area (Å²) in [5.41, 5.74) is 0.728. The predicted molar refractivity (Wildman–Crippen MR) is 115 cm³/mol. The van der Waals surface area contributed by atoms with Crippen LogP contribution in [0.2, 0.25) is 0 Å². The summed E-state index contributed by atoms with van der Waals surface area (Å²) < 4.78 is 2.16. The minimum Gasteiger partial charge on any atom is -0.344 e. The molecule has 3 aromatic rings. The minimum atomic E-state index is -0.500. The van der Waals surface area contributed by atoms with Crippen molar-refractivity contribution in [2.45, 2.75) is 19.9 Å². The number of aryl methyl sites for hydroxylation is 1. The third kappa shape index (κ3) is 4.55. The van der Waals surface area contributed by atoms with Crippen molar-refractivity contribution in [3.8, 4) is 11.2 Å². The Kier molecular flexibility index (Phi) is 6.28. The normalized spacial score (nSPS) is 11.6. The average molecular weight is 488 g/mol. The molecule has 0 saturated heterocycles. The third-order valence-electron chi connectivity index (χ3n) is 4.05. The SMILES string of the molecule is Cc1nc([C@H](C)NC(=O)c2cc(Br)cc(C#N)c2)n(-c2ncc(C(=O)N(C)C)s2)n1. The largest absolute Gasteiger partial charge is 0.344 e. The van der Waals surface area contributed by atoms with E-state index < -0.39 is 6.04 Å². The van der Waals surface area contributed by atoms with E-state index in [1.807, 2.05) is 6.07 Å². The van der Waals surface area contributed by atoms with Gasteiger partial charge in [-0.05, 0) is 32.0 Å². The van der Waals surface area contributed by atoms with E-state index in [9.17, 15) is 9.59 Å². The van der Waals surface area contributed by atoms with Crippen LogP contribution in [-0.4, -0.2) is 50.6 Å². The van der Waals surface area contributed by atoms with Crippen molar-refractivity contribution in [2.24, 2.45) is 0 Å². The molecule has 2 amide bonds. The summed E-state index contributed by atoms with van der Waals surface area (Å²) in [6.07, 6.45) is 1.50. The molecule has 1 atom stereocenters. The fraction of sp³-hybridized carbons (Fsp3) is 0.263. The highest BCUT2D eigenvalue weighted by Gasteiger charge is 2.22. The molecule has 0 aliphatic rings. The second-order valence-corrected chi connectivity index (χ2v) is 8.60. The summed E-state index contributed by atoms with van der Waals surface area (Å²) in [5.74, 6) is 0.488. The summed E-state index contributed by atoms with van der Waals surface area (Å²) in [6, 6.07) is 6.32. The fourth-order valence-electron chi connectivity index (χ4n) is 2.66. The van der Waals surface area contributed by atoms with Gasteiger partial charge in [0, 0.05) is 24.1 Å². The molecule has 9 nitrogen and oxygen atoms in total. The predicted octanol–water partition coefficient (Wildman–Crippen LogP) is 2.86. The van der Waals surface area contributed by atoms with E-state index in [1.54, 1.807) is 40.1 Å². The zero-order valence-electron chi connectivity index (χ0n) is 16.7.